The third kappa shape index (κ3) is 5.33. The molecule has 0 aromatic carbocycles. The third-order valence-electron chi connectivity index (χ3n) is 4.02. The van der Waals surface area contributed by atoms with Gasteiger partial charge < -0.3 is 9.47 Å². The van der Waals surface area contributed by atoms with Crippen molar-refractivity contribution in [2.75, 3.05) is 19.0 Å². The standard InChI is InChI=1S/C18H21ClN6O5S/c1-4-5-8-30-12-6-7-13-21-15(19)16(25(13)10-12)31(27,28)24-18(26)23-17-20-11(2)9-14(22-17)29-3/h6-7,9-10H,4-5,8H2,1-3H3,(H2,20,22,23,24,26). The smallest absolute Gasteiger partial charge is 0.335 e. The topological polar surface area (TPSA) is 137 Å². The number of carbonyl (C=O) groups is 1. The van der Waals surface area contributed by atoms with E-state index in [2.05, 4.69) is 20.3 Å². The van der Waals surface area contributed by atoms with Gasteiger partial charge in [0.25, 0.3) is 10.0 Å². The number of urea groups is 1. The van der Waals surface area contributed by atoms with E-state index in [0.717, 1.165) is 12.8 Å². The lowest BCUT2D eigenvalue weighted by Crippen LogP contribution is -2.35. The van der Waals surface area contributed by atoms with E-state index in [1.807, 2.05) is 11.6 Å². The average molecular weight is 469 g/mol. The van der Waals surface area contributed by atoms with Crippen molar-refractivity contribution >= 4 is 39.3 Å². The molecule has 0 saturated carbocycles. The Balaban J connectivity index is 1.85. The van der Waals surface area contributed by atoms with Gasteiger partial charge in [-0.1, -0.05) is 24.9 Å². The maximum atomic E-state index is 12.9. The van der Waals surface area contributed by atoms with Crippen molar-refractivity contribution in [1.82, 2.24) is 24.1 Å². The fourth-order valence-electron chi connectivity index (χ4n) is 2.63. The summed E-state index contributed by atoms with van der Waals surface area (Å²) in [6, 6.07) is 3.71. The Kier molecular flexibility index (Phi) is 6.81. The molecule has 0 saturated heterocycles. The number of halogens is 1. The zero-order chi connectivity index (χ0) is 22.6. The van der Waals surface area contributed by atoms with Crippen LogP contribution in [0, 0.1) is 6.92 Å². The number of amides is 2. The molecular weight excluding hydrogens is 448 g/mol. The molecule has 3 aromatic heterocycles. The minimum Gasteiger partial charge on any atom is -0.492 e. The van der Waals surface area contributed by atoms with E-state index >= 15 is 0 Å². The van der Waals surface area contributed by atoms with Gasteiger partial charge in [0.1, 0.15) is 11.4 Å². The van der Waals surface area contributed by atoms with Gasteiger partial charge in [-0.25, -0.2) is 19.5 Å². The van der Waals surface area contributed by atoms with Gasteiger partial charge in [0.2, 0.25) is 11.8 Å². The summed E-state index contributed by atoms with van der Waals surface area (Å²) in [7, 11) is -2.99. The Morgan fingerprint density at radius 1 is 1.26 bits per heavy atom. The van der Waals surface area contributed by atoms with Gasteiger partial charge in [-0.15, -0.1) is 0 Å². The number of pyridine rings is 1. The first-order chi connectivity index (χ1) is 14.7. The molecule has 0 spiro atoms. The number of aryl methyl sites for hydroxylation is 1. The molecule has 2 amide bonds. The summed E-state index contributed by atoms with van der Waals surface area (Å²) >= 11 is 6.07. The normalized spacial score (nSPS) is 11.4. The molecule has 2 N–H and O–H groups in total. The van der Waals surface area contributed by atoms with Crippen molar-refractivity contribution < 1.29 is 22.7 Å². The molecule has 3 aromatic rings. The third-order valence-corrected chi connectivity index (χ3v) is 5.75. The van der Waals surface area contributed by atoms with Gasteiger partial charge in [0.05, 0.1) is 19.9 Å². The second kappa shape index (κ2) is 9.35. The number of fused-ring (bicyclic) bond motifs is 1. The van der Waals surface area contributed by atoms with Crippen LogP contribution < -0.4 is 19.5 Å². The maximum absolute atomic E-state index is 12.9. The summed E-state index contributed by atoms with van der Waals surface area (Å²) in [5.74, 6) is 0.530. The first-order valence-corrected chi connectivity index (χ1v) is 11.1. The fraction of sp³-hybridized carbons (Fsp3) is 0.333. The van der Waals surface area contributed by atoms with Crippen molar-refractivity contribution in [2.45, 2.75) is 31.7 Å². The molecule has 0 atom stereocenters. The quantitative estimate of drug-likeness (QED) is 0.481. The molecule has 0 aliphatic carbocycles. The van der Waals surface area contributed by atoms with Gasteiger partial charge in [0.15, 0.2) is 10.2 Å². The van der Waals surface area contributed by atoms with Gasteiger partial charge in [-0.2, -0.15) is 13.4 Å². The number of nitrogens with one attached hydrogen (secondary N) is 2. The number of aromatic nitrogens is 4. The second-order valence-electron chi connectivity index (χ2n) is 6.44. The molecule has 3 heterocycles. The minimum atomic E-state index is -4.40. The number of unbranched alkanes of at least 4 members (excludes halogenated alkanes) is 1. The lowest BCUT2D eigenvalue weighted by atomic mass is 10.3. The number of carbonyl (C=O) groups excluding carboxylic acids is 1. The SMILES string of the molecule is CCCCOc1ccc2nc(Cl)c(S(=O)(=O)NC(=O)Nc3nc(C)cc(OC)n3)n2c1. The number of imidazole rings is 1. The number of anilines is 1. The summed E-state index contributed by atoms with van der Waals surface area (Å²) in [4.78, 5) is 24.3. The summed E-state index contributed by atoms with van der Waals surface area (Å²) in [6.07, 6.45) is 3.25. The molecule has 0 unspecified atom stereocenters. The van der Waals surface area contributed by atoms with Crippen LogP contribution in [0.1, 0.15) is 25.5 Å². The lowest BCUT2D eigenvalue weighted by Gasteiger charge is -2.10. The Morgan fingerprint density at radius 2 is 2.03 bits per heavy atom. The van der Waals surface area contributed by atoms with Gasteiger partial charge in [-0.3, -0.25) is 9.72 Å². The van der Waals surface area contributed by atoms with Crippen molar-refractivity contribution in [2.24, 2.45) is 0 Å². The largest absolute Gasteiger partial charge is 0.492 e. The highest BCUT2D eigenvalue weighted by Crippen LogP contribution is 2.25. The Labute approximate surface area is 183 Å². The Bertz CT molecular complexity index is 1210. The summed E-state index contributed by atoms with van der Waals surface area (Å²) in [5, 5.41) is 1.57. The van der Waals surface area contributed by atoms with E-state index in [1.165, 1.54) is 17.7 Å². The highest BCUT2D eigenvalue weighted by atomic mass is 35.5. The van der Waals surface area contributed by atoms with E-state index in [9.17, 15) is 13.2 Å². The van der Waals surface area contributed by atoms with Gasteiger partial charge in [-0.05, 0) is 25.5 Å². The molecule has 0 bridgehead atoms. The molecule has 0 aliphatic heterocycles. The molecule has 13 heteroatoms. The van der Waals surface area contributed by atoms with Crippen molar-refractivity contribution in [3.05, 3.63) is 35.2 Å². The van der Waals surface area contributed by atoms with Crippen LogP contribution in [0.25, 0.3) is 5.65 Å². The summed E-state index contributed by atoms with van der Waals surface area (Å²) in [5.41, 5.74) is 0.797. The van der Waals surface area contributed by atoms with Crippen LogP contribution in [-0.4, -0.2) is 47.5 Å². The van der Waals surface area contributed by atoms with Crippen LogP contribution in [0.5, 0.6) is 11.6 Å². The fourth-order valence-corrected chi connectivity index (χ4v) is 4.18. The van der Waals surface area contributed by atoms with Crippen molar-refractivity contribution in [1.29, 1.82) is 0 Å². The number of rotatable bonds is 8. The van der Waals surface area contributed by atoms with E-state index < -0.39 is 21.1 Å². The van der Waals surface area contributed by atoms with Crippen LogP contribution in [-0.2, 0) is 10.0 Å². The van der Waals surface area contributed by atoms with Crippen molar-refractivity contribution in [3.63, 3.8) is 0 Å². The van der Waals surface area contributed by atoms with Crippen LogP contribution in [0.2, 0.25) is 5.15 Å². The van der Waals surface area contributed by atoms with Gasteiger partial charge >= 0.3 is 6.03 Å². The molecular formula is C18H21ClN6O5S. The molecule has 3 rings (SSSR count). The number of hydrogen-bond acceptors (Lipinski definition) is 8. The van der Waals surface area contributed by atoms with Gasteiger partial charge in [0, 0.05) is 11.8 Å². The highest BCUT2D eigenvalue weighted by Gasteiger charge is 2.27. The van der Waals surface area contributed by atoms with E-state index in [0.29, 0.717) is 18.1 Å². The highest BCUT2D eigenvalue weighted by molar-refractivity contribution is 7.90. The van der Waals surface area contributed by atoms with Crippen LogP contribution in [0.15, 0.2) is 29.4 Å². The predicted molar refractivity (Wildman–Crippen MR) is 113 cm³/mol. The Morgan fingerprint density at radius 3 is 2.74 bits per heavy atom. The molecule has 0 aliphatic rings. The maximum Gasteiger partial charge on any atom is 0.335 e. The van der Waals surface area contributed by atoms with Crippen LogP contribution >= 0.6 is 11.6 Å². The average Bonchev–Trinajstić information content (AvgIpc) is 3.03. The number of methoxy groups -OCH3 is 1. The monoisotopic (exact) mass is 468 g/mol. The molecule has 0 fully saturated rings. The predicted octanol–water partition coefficient (Wildman–Crippen LogP) is 2.78. The summed E-state index contributed by atoms with van der Waals surface area (Å²) < 4.78 is 39.5. The Hall–Kier alpha value is -3.12. The molecule has 166 valence electrons. The summed E-state index contributed by atoms with van der Waals surface area (Å²) in [6.45, 7) is 4.18. The van der Waals surface area contributed by atoms with E-state index in [1.54, 1.807) is 25.1 Å². The van der Waals surface area contributed by atoms with E-state index in [-0.39, 0.29) is 22.6 Å². The molecule has 31 heavy (non-hydrogen) atoms. The zero-order valence-corrected chi connectivity index (χ0v) is 18.6. The first kappa shape index (κ1) is 22.6. The first-order valence-electron chi connectivity index (χ1n) is 9.27. The number of ether oxygens (including phenoxy) is 2. The van der Waals surface area contributed by atoms with E-state index in [4.69, 9.17) is 21.1 Å². The number of sulfonamides is 1. The second-order valence-corrected chi connectivity index (χ2v) is 8.39. The van der Waals surface area contributed by atoms with Crippen LogP contribution in [0.3, 0.4) is 0 Å². The minimum absolute atomic E-state index is 0.125. The zero-order valence-electron chi connectivity index (χ0n) is 17.0. The molecule has 11 nitrogen and oxygen atoms in total. The van der Waals surface area contributed by atoms with Crippen molar-refractivity contribution in [3.8, 4) is 11.6 Å². The number of hydrogen-bond donors (Lipinski definition) is 2. The van der Waals surface area contributed by atoms with Crippen LogP contribution in [0.4, 0.5) is 10.7 Å². The molecule has 0 radical (unpaired) electrons. The lowest BCUT2D eigenvalue weighted by molar-refractivity contribution is 0.256. The number of nitrogens with zero attached hydrogens (tertiary/aromatic N) is 4.